The van der Waals surface area contributed by atoms with Crippen LogP contribution in [-0.4, -0.2) is 31.7 Å². The average Bonchev–Trinajstić information content (AvgIpc) is 3.28. The Labute approximate surface area is 201 Å². The smallest absolute Gasteiger partial charge is 0.433 e. The maximum atomic E-state index is 14.4. The second-order valence-corrected chi connectivity index (χ2v) is 10.4. The number of carbonyl (C=O) groups excluding carboxylic acids is 1. The second kappa shape index (κ2) is 10.9. The van der Waals surface area contributed by atoms with E-state index in [1.807, 2.05) is 0 Å². The van der Waals surface area contributed by atoms with Crippen LogP contribution in [0, 0.1) is 5.82 Å². The van der Waals surface area contributed by atoms with E-state index in [9.17, 15) is 30.8 Å². The van der Waals surface area contributed by atoms with Crippen molar-refractivity contribution in [3.8, 4) is 5.88 Å². The van der Waals surface area contributed by atoms with E-state index in [0.29, 0.717) is 11.1 Å². The van der Waals surface area contributed by atoms with Crippen molar-refractivity contribution in [1.29, 1.82) is 0 Å². The summed E-state index contributed by atoms with van der Waals surface area (Å²) in [4.78, 5) is 16.3. The Hall–Kier alpha value is -2.73. The molecular weight excluding hydrogens is 490 g/mol. The van der Waals surface area contributed by atoms with Gasteiger partial charge in [0.15, 0.2) is 0 Å². The molecule has 0 aliphatic heterocycles. The number of benzene rings is 1. The van der Waals surface area contributed by atoms with Crippen LogP contribution in [0.1, 0.15) is 60.9 Å². The molecule has 0 bridgehead atoms. The van der Waals surface area contributed by atoms with Gasteiger partial charge in [0, 0.05) is 24.2 Å². The third kappa shape index (κ3) is 7.63. The fourth-order valence-electron chi connectivity index (χ4n) is 3.70. The quantitative estimate of drug-likeness (QED) is 0.490. The third-order valence-corrected chi connectivity index (χ3v) is 6.43. The standard InChI is InChI=1S/C23H27F4N3O4S/c1-14(15-7-8-16(19(24)11-15)13-29-35(2,32)33)21(31)28-12-17-9-10-20(23(25,26)27)30-22(17)34-18-5-3-4-6-18/h7-11,14,18,29H,3-6,12-13H2,1-2H3,(H,28,31). The first kappa shape index (κ1) is 26.9. The van der Waals surface area contributed by atoms with E-state index in [1.54, 1.807) is 6.92 Å². The van der Waals surface area contributed by atoms with Gasteiger partial charge >= 0.3 is 6.18 Å². The van der Waals surface area contributed by atoms with Gasteiger partial charge in [-0.2, -0.15) is 13.2 Å². The lowest BCUT2D eigenvalue weighted by Gasteiger charge is -2.18. The number of hydrogen-bond acceptors (Lipinski definition) is 5. The molecule has 7 nitrogen and oxygen atoms in total. The minimum Gasteiger partial charge on any atom is -0.474 e. The predicted octanol–water partition coefficient (Wildman–Crippen LogP) is 4.03. The fraction of sp³-hybridized carbons (Fsp3) is 0.478. The van der Waals surface area contributed by atoms with E-state index in [0.717, 1.165) is 44.1 Å². The SMILES string of the molecule is CC(C(=O)NCc1ccc(C(F)(F)F)nc1OC1CCCC1)c1ccc(CNS(C)(=O)=O)c(F)c1. The van der Waals surface area contributed by atoms with Gasteiger partial charge < -0.3 is 10.1 Å². The lowest BCUT2D eigenvalue weighted by Crippen LogP contribution is -2.28. The van der Waals surface area contributed by atoms with Crippen LogP contribution >= 0.6 is 0 Å². The largest absolute Gasteiger partial charge is 0.474 e. The van der Waals surface area contributed by atoms with E-state index in [1.165, 1.54) is 18.2 Å². The van der Waals surface area contributed by atoms with E-state index < -0.39 is 39.5 Å². The van der Waals surface area contributed by atoms with Gasteiger partial charge in [0.25, 0.3) is 0 Å². The number of rotatable bonds is 9. The molecule has 1 amide bonds. The van der Waals surface area contributed by atoms with Gasteiger partial charge in [0.05, 0.1) is 12.2 Å². The lowest BCUT2D eigenvalue weighted by atomic mass is 9.98. The molecule has 1 aliphatic rings. The zero-order valence-corrected chi connectivity index (χ0v) is 20.1. The number of ether oxygens (including phenoxy) is 1. The topological polar surface area (TPSA) is 97.4 Å². The minimum atomic E-state index is -4.63. The van der Waals surface area contributed by atoms with Crippen LogP contribution < -0.4 is 14.8 Å². The number of nitrogens with one attached hydrogen (secondary N) is 2. The molecule has 0 spiro atoms. The summed E-state index contributed by atoms with van der Waals surface area (Å²) in [7, 11) is -3.49. The number of sulfonamides is 1. The number of aromatic nitrogens is 1. The zero-order chi connectivity index (χ0) is 25.8. The Morgan fingerprint density at radius 1 is 1.14 bits per heavy atom. The summed E-state index contributed by atoms with van der Waals surface area (Å²) in [6, 6.07) is 6.12. The van der Waals surface area contributed by atoms with Crippen molar-refractivity contribution in [2.45, 2.75) is 63.9 Å². The molecule has 1 aliphatic carbocycles. The van der Waals surface area contributed by atoms with Crippen molar-refractivity contribution in [2.75, 3.05) is 6.26 Å². The number of amides is 1. The van der Waals surface area contributed by atoms with E-state index in [4.69, 9.17) is 4.74 Å². The number of nitrogens with zero attached hydrogens (tertiary/aromatic N) is 1. The number of carbonyl (C=O) groups is 1. The lowest BCUT2D eigenvalue weighted by molar-refractivity contribution is -0.141. The van der Waals surface area contributed by atoms with Crippen LogP contribution in [0.2, 0.25) is 0 Å². The first-order valence-electron chi connectivity index (χ1n) is 11.1. The molecule has 192 valence electrons. The molecule has 0 radical (unpaired) electrons. The number of hydrogen-bond donors (Lipinski definition) is 2. The molecule has 2 aromatic rings. The van der Waals surface area contributed by atoms with Gasteiger partial charge in [0.1, 0.15) is 17.6 Å². The van der Waals surface area contributed by atoms with E-state index in [2.05, 4.69) is 15.0 Å². The Morgan fingerprint density at radius 3 is 2.40 bits per heavy atom. The van der Waals surface area contributed by atoms with Crippen LogP contribution in [0.25, 0.3) is 0 Å². The van der Waals surface area contributed by atoms with E-state index >= 15 is 0 Å². The van der Waals surface area contributed by atoms with Crippen LogP contribution in [0.4, 0.5) is 17.6 Å². The number of alkyl halides is 3. The molecule has 1 unspecified atom stereocenters. The summed E-state index contributed by atoms with van der Waals surface area (Å²) >= 11 is 0. The Morgan fingerprint density at radius 2 is 1.80 bits per heavy atom. The van der Waals surface area contributed by atoms with Crippen LogP contribution in [0.5, 0.6) is 5.88 Å². The Bertz CT molecular complexity index is 1170. The summed E-state index contributed by atoms with van der Waals surface area (Å²) in [6.45, 7) is 1.21. The van der Waals surface area contributed by atoms with E-state index in [-0.39, 0.29) is 30.6 Å². The highest BCUT2D eigenvalue weighted by molar-refractivity contribution is 7.88. The third-order valence-electron chi connectivity index (χ3n) is 5.76. The van der Waals surface area contributed by atoms with Crippen molar-refractivity contribution in [3.63, 3.8) is 0 Å². The van der Waals surface area contributed by atoms with Gasteiger partial charge in [-0.1, -0.05) is 12.1 Å². The normalized spacial score (nSPS) is 15.7. The Kier molecular flexibility index (Phi) is 8.37. The summed E-state index contributed by atoms with van der Waals surface area (Å²) in [5, 5.41) is 2.65. The molecule has 0 saturated heterocycles. The zero-order valence-electron chi connectivity index (χ0n) is 19.3. The van der Waals surface area contributed by atoms with Gasteiger partial charge in [-0.15, -0.1) is 0 Å². The average molecular weight is 518 g/mol. The predicted molar refractivity (Wildman–Crippen MR) is 120 cm³/mol. The van der Waals surface area contributed by atoms with Crippen molar-refractivity contribution < 1.29 is 35.5 Å². The molecule has 12 heteroatoms. The van der Waals surface area contributed by atoms with Crippen LogP contribution in [-0.2, 0) is 34.1 Å². The molecule has 1 atom stereocenters. The van der Waals surface area contributed by atoms with Crippen LogP contribution in [0.15, 0.2) is 30.3 Å². The van der Waals surface area contributed by atoms with Gasteiger partial charge in [-0.25, -0.2) is 22.5 Å². The molecule has 35 heavy (non-hydrogen) atoms. The summed E-state index contributed by atoms with van der Waals surface area (Å²) in [5.74, 6) is -2.08. The molecule has 1 aromatic carbocycles. The minimum absolute atomic E-state index is 0.116. The Balaban J connectivity index is 1.69. The summed E-state index contributed by atoms with van der Waals surface area (Å²) < 4.78 is 84.1. The molecule has 1 aromatic heterocycles. The number of pyridine rings is 1. The second-order valence-electron chi connectivity index (χ2n) is 8.57. The van der Waals surface area contributed by atoms with Gasteiger partial charge in [-0.05, 0) is 56.4 Å². The van der Waals surface area contributed by atoms with Crippen molar-refractivity contribution in [1.82, 2.24) is 15.0 Å². The summed E-state index contributed by atoms with van der Waals surface area (Å²) in [6.07, 6.45) is -0.596. The van der Waals surface area contributed by atoms with Gasteiger partial charge in [0.2, 0.25) is 21.8 Å². The highest BCUT2D eigenvalue weighted by Gasteiger charge is 2.34. The molecule has 1 fully saturated rings. The highest BCUT2D eigenvalue weighted by Crippen LogP contribution is 2.32. The first-order valence-corrected chi connectivity index (χ1v) is 13.0. The summed E-state index contributed by atoms with van der Waals surface area (Å²) in [5.41, 5.74) is -0.291. The maximum absolute atomic E-state index is 14.4. The van der Waals surface area contributed by atoms with Crippen LogP contribution in [0.3, 0.4) is 0 Å². The maximum Gasteiger partial charge on any atom is 0.433 e. The monoisotopic (exact) mass is 517 g/mol. The molecule has 1 heterocycles. The highest BCUT2D eigenvalue weighted by atomic mass is 32.2. The van der Waals surface area contributed by atoms with Crippen molar-refractivity contribution in [2.24, 2.45) is 0 Å². The molecule has 3 rings (SSSR count). The first-order chi connectivity index (χ1) is 16.3. The van der Waals surface area contributed by atoms with Gasteiger partial charge in [-0.3, -0.25) is 4.79 Å². The van der Waals surface area contributed by atoms with Crippen molar-refractivity contribution >= 4 is 15.9 Å². The van der Waals surface area contributed by atoms with Crippen molar-refractivity contribution in [3.05, 3.63) is 58.5 Å². The molecule has 1 saturated carbocycles. The fourth-order valence-corrected chi connectivity index (χ4v) is 4.12. The molecule has 2 N–H and O–H groups in total. The molecular formula is C23H27F4N3O4S. The number of halogens is 4.